The largest absolute Gasteiger partial charge is 0.352 e. The van der Waals surface area contributed by atoms with Gasteiger partial charge in [-0.15, -0.1) is 15.5 Å². The molecule has 0 aliphatic heterocycles. The Morgan fingerprint density at radius 1 is 1.39 bits per heavy atom. The molecule has 1 aliphatic carbocycles. The maximum Gasteiger partial charge on any atom is 0.332 e. The molecule has 0 spiro atoms. The first-order valence-corrected chi connectivity index (χ1v) is 7.24. The van der Waals surface area contributed by atoms with E-state index in [4.69, 9.17) is 11.6 Å². The first kappa shape index (κ1) is 13.3. The van der Waals surface area contributed by atoms with Crippen molar-refractivity contribution in [3.63, 3.8) is 0 Å². The fraction of sp³-hybridized carbons (Fsp3) is 0.364. The van der Waals surface area contributed by atoms with Gasteiger partial charge in [-0.05, 0) is 36.1 Å². The fourth-order valence-corrected chi connectivity index (χ4v) is 2.71. The molecule has 2 rings (SSSR count). The molecule has 98 valence electrons. The van der Waals surface area contributed by atoms with E-state index in [-0.39, 0.29) is 22.7 Å². The van der Waals surface area contributed by atoms with Gasteiger partial charge in [0.2, 0.25) is 5.91 Å². The molecule has 0 heterocycles. The van der Waals surface area contributed by atoms with Crippen LogP contribution in [0.2, 0.25) is 0 Å². The molecule has 1 aliphatic rings. The van der Waals surface area contributed by atoms with Gasteiger partial charge in [0, 0.05) is 6.04 Å². The Balaban J connectivity index is 2.18. The number of halogens is 2. The lowest BCUT2D eigenvalue weighted by Crippen LogP contribution is -2.36. The SMILES string of the molecule is O=C(CCl)NC1Cc2ccc(S(=O)(=O)F)cc2C1. The Bertz CT molecular complexity index is 588. The van der Waals surface area contributed by atoms with Crippen LogP contribution in [0.25, 0.3) is 0 Å². The van der Waals surface area contributed by atoms with Crippen LogP contribution in [0.3, 0.4) is 0 Å². The number of hydrogen-bond acceptors (Lipinski definition) is 3. The van der Waals surface area contributed by atoms with Gasteiger partial charge >= 0.3 is 10.2 Å². The molecule has 1 aromatic rings. The molecule has 0 aromatic heterocycles. The van der Waals surface area contributed by atoms with E-state index < -0.39 is 10.2 Å². The van der Waals surface area contributed by atoms with Crippen molar-refractivity contribution in [1.82, 2.24) is 5.32 Å². The Labute approximate surface area is 109 Å². The van der Waals surface area contributed by atoms with E-state index in [0.717, 1.165) is 11.1 Å². The highest BCUT2D eigenvalue weighted by Crippen LogP contribution is 2.25. The summed E-state index contributed by atoms with van der Waals surface area (Å²) < 4.78 is 34.4. The lowest BCUT2D eigenvalue weighted by Gasteiger charge is -2.09. The third kappa shape index (κ3) is 2.81. The summed E-state index contributed by atoms with van der Waals surface area (Å²) in [6.07, 6.45) is 1.09. The molecule has 1 aromatic carbocycles. The summed E-state index contributed by atoms with van der Waals surface area (Å²) in [6, 6.07) is 4.02. The second-order valence-corrected chi connectivity index (χ2v) is 5.79. The number of amides is 1. The van der Waals surface area contributed by atoms with Gasteiger partial charge in [0.1, 0.15) is 5.88 Å². The summed E-state index contributed by atoms with van der Waals surface area (Å²) in [5.74, 6) is -0.385. The van der Waals surface area contributed by atoms with E-state index in [1.165, 1.54) is 12.1 Å². The Kier molecular flexibility index (Phi) is 3.59. The van der Waals surface area contributed by atoms with Crippen LogP contribution >= 0.6 is 11.6 Å². The Hall–Kier alpha value is -1.14. The first-order chi connectivity index (χ1) is 8.40. The van der Waals surface area contributed by atoms with Crippen LogP contribution in [0, 0.1) is 0 Å². The molecule has 4 nitrogen and oxygen atoms in total. The zero-order valence-electron chi connectivity index (χ0n) is 9.32. The molecule has 0 saturated heterocycles. The second kappa shape index (κ2) is 4.85. The van der Waals surface area contributed by atoms with Crippen molar-refractivity contribution in [3.05, 3.63) is 29.3 Å². The molecule has 0 fully saturated rings. The maximum atomic E-state index is 12.8. The molecular formula is C11H11ClFNO3S. The summed E-state index contributed by atoms with van der Waals surface area (Å²) in [5, 5.41) is 2.72. The van der Waals surface area contributed by atoms with E-state index in [9.17, 15) is 17.1 Å². The van der Waals surface area contributed by atoms with Crippen molar-refractivity contribution in [2.75, 3.05) is 5.88 Å². The van der Waals surface area contributed by atoms with Gasteiger partial charge in [0.25, 0.3) is 0 Å². The quantitative estimate of drug-likeness (QED) is 0.671. The predicted molar refractivity (Wildman–Crippen MR) is 64.8 cm³/mol. The third-order valence-electron chi connectivity index (χ3n) is 2.88. The second-order valence-electron chi connectivity index (χ2n) is 4.17. The van der Waals surface area contributed by atoms with Crippen LogP contribution in [-0.4, -0.2) is 26.2 Å². The molecule has 18 heavy (non-hydrogen) atoms. The van der Waals surface area contributed by atoms with Crippen molar-refractivity contribution in [2.24, 2.45) is 0 Å². The van der Waals surface area contributed by atoms with Crippen LogP contribution in [0.4, 0.5) is 3.89 Å². The van der Waals surface area contributed by atoms with Gasteiger partial charge in [-0.25, -0.2) is 0 Å². The highest BCUT2D eigenvalue weighted by atomic mass is 35.5. The van der Waals surface area contributed by atoms with Gasteiger partial charge in [0.05, 0.1) is 4.90 Å². The van der Waals surface area contributed by atoms with Crippen LogP contribution in [0.5, 0.6) is 0 Å². The predicted octanol–water partition coefficient (Wildman–Crippen LogP) is 1.17. The number of fused-ring (bicyclic) bond motifs is 1. The van der Waals surface area contributed by atoms with Crippen molar-refractivity contribution in [3.8, 4) is 0 Å². The Morgan fingerprint density at radius 3 is 2.67 bits per heavy atom. The molecule has 0 radical (unpaired) electrons. The molecule has 7 heteroatoms. The lowest BCUT2D eigenvalue weighted by molar-refractivity contribution is -0.119. The lowest BCUT2D eigenvalue weighted by atomic mass is 10.1. The average Bonchev–Trinajstić information content (AvgIpc) is 2.68. The van der Waals surface area contributed by atoms with Gasteiger partial charge in [-0.1, -0.05) is 6.07 Å². The van der Waals surface area contributed by atoms with Crippen LogP contribution in [0.15, 0.2) is 23.1 Å². The van der Waals surface area contributed by atoms with E-state index in [2.05, 4.69) is 5.32 Å². The number of carbonyl (C=O) groups excluding carboxylic acids is 1. The topological polar surface area (TPSA) is 63.2 Å². The Morgan fingerprint density at radius 2 is 2.06 bits per heavy atom. The molecular weight excluding hydrogens is 281 g/mol. The van der Waals surface area contributed by atoms with Crippen molar-refractivity contribution in [1.29, 1.82) is 0 Å². The summed E-state index contributed by atoms with van der Waals surface area (Å²) in [7, 11) is -4.68. The van der Waals surface area contributed by atoms with Crippen molar-refractivity contribution < 1.29 is 17.1 Å². The monoisotopic (exact) mass is 291 g/mol. The zero-order chi connectivity index (χ0) is 13.3. The van der Waals surface area contributed by atoms with Crippen molar-refractivity contribution >= 4 is 27.7 Å². The van der Waals surface area contributed by atoms with E-state index in [1.54, 1.807) is 6.07 Å². The van der Waals surface area contributed by atoms with Crippen LogP contribution < -0.4 is 5.32 Å². The minimum absolute atomic E-state index is 0.108. The molecule has 1 amide bonds. The van der Waals surface area contributed by atoms with E-state index >= 15 is 0 Å². The summed E-state index contributed by atoms with van der Waals surface area (Å²) in [5.41, 5.74) is 1.66. The number of nitrogens with one attached hydrogen (secondary N) is 1. The van der Waals surface area contributed by atoms with Gasteiger partial charge in [-0.2, -0.15) is 8.42 Å². The average molecular weight is 292 g/mol. The zero-order valence-corrected chi connectivity index (χ0v) is 10.9. The number of hydrogen-bond donors (Lipinski definition) is 1. The van der Waals surface area contributed by atoms with Crippen LogP contribution in [0.1, 0.15) is 11.1 Å². The van der Waals surface area contributed by atoms with Gasteiger partial charge in [-0.3, -0.25) is 4.79 Å². The van der Waals surface area contributed by atoms with Crippen molar-refractivity contribution in [2.45, 2.75) is 23.8 Å². The minimum atomic E-state index is -4.68. The summed E-state index contributed by atoms with van der Waals surface area (Å²) in [6.45, 7) is 0. The smallest absolute Gasteiger partial charge is 0.332 e. The third-order valence-corrected chi connectivity index (χ3v) is 3.94. The highest BCUT2D eigenvalue weighted by Gasteiger charge is 2.24. The van der Waals surface area contributed by atoms with E-state index in [0.29, 0.717) is 12.8 Å². The number of rotatable bonds is 3. The minimum Gasteiger partial charge on any atom is -0.352 e. The maximum absolute atomic E-state index is 12.8. The standard InChI is InChI=1S/C11H11ClFNO3S/c12-6-11(15)14-9-3-7-1-2-10(18(13,16)17)5-8(7)4-9/h1-2,5,9H,3-4,6H2,(H,14,15). The molecule has 0 bridgehead atoms. The number of carbonyl (C=O) groups is 1. The van der Waals surface area contributed by atoms with Crippen LogP contribution in [-0.2, 0) is 27.9 Å². The fourth-order valence-electron chi connectivity index (χ4n) is 2.11. The summed E-state index contributed by atoms with van der Waals surface area (Å²) in [4.78, 5) is 10.8. The van der Waals surface area contributed by atoms with E-state index in [1.807, 2.05) is 0 Å². The molecule has 0 saturated carbocycles. The van der Waals surface area contributed by atoms with Gasteiger partial charge in [0.15, 0.2) is 0 Å². The number of benzene rings is 1. The normalized spacial score (nSPS) is 18.4. The van der Waals surface area contributed by atoms with Gasteiger partial charge < -0.3 is 5.32 Å². The number of alkyl halides is 1. The molecule has 1 atom stereocenters. The highest BCUT2D eigenvalue weighted by molar-refractivity contribution is 7.86. The summed E-state index contributed by atoms with van der Waals surface area (Å²) >= 11 is 5.39. The molecule has 1 N–H and O–H groups in total. The first-order valence-electron chi connectivity index (χ1n) is 5.32. The molecule has 1 unspecified atom stereocenters.